The fourth-order valence-electron chi connectivity index (χ4n) is 2.61. The van der Waals surface area contributed by atoms with E-state index in [1.54, 1.807) is 12.1 Å². The molecule has 0 aliphatic heterocycles. The number of para-hydroxylation sites is 1. The molecule has 0 spiro atoms. The van der Waals surface area contributed by atoms with Gasteiger partial charge < -0.3 is 9.73 Å². The van der Waals surface area contributed by atoms with Crippen LogP contribution in [0, 0.1) is 11.6 Å². The van der Waals surface area contributed by atoms with Crippen LogP contribution in [0.2, 0.25) is 0 Å². The molecule has 1 heterocycles. The summed E-state index contributed by atoms with van der Waals surface area (Å²) in [7, 11) is 0. The van der Waals surface area contributed by atoms with Crippen LogP contribution in [-0.2, 0) is 6.42 Å². The molecule has 24 heavy (non-hydrogen) atoms. The van der Waals surface area contributed by atoms with Crippen LogP contribution in [0.4, 0.5) is 8.78 Å². The number of fused-ring (bicyclic) bond motifs is 1. The molecule has 0 aliphatic carbocycles. The third-order valence-electron chi connectivity index (χ3n) is 3.95. The lowest BCUT2D eigenvalue weighted by atomic mass is 10.1. The molecule has 0 saturated heterocycles. The Kier molecular flexibility index (Phi) is 4.60. The van der Waals surface area contributed by atoms with E-state index in [4.69, 9.17) is 4.42 Å². The summed E-state index contributed by atoms with van der Waals surface area (Å²) >= 11 is 0. The quantitative estimate of drug-likeness (QED) is 0.751. The molecule has 2 aromatic carbocycles. The predicted octanol–water partition coefficient (Wildman–Crippen LogP) is 4.46. The van der Waals surface area contributed by atoms with Gasteiger partial charge in [-0.2, -0.15) is 0 Å². The van der Waals surface area contributed by atoms with Gasteiger partial charge in [0.25, 0.3) is 5.91 Å². The summed E-state index contributed by atoms with van der Waals surface area (Å²) in [5.74, 6) is -1.92. The maximum absolute atomic E-state index is 13.2. The monoisotopic (exact) mass is 329 g/mol. The van der Waals surface area contributed by atoms with Crippen molar-refractivity contribution in [3.8, 4) is 0 Å². The number of carbonyl (C=O) groups is 1. The molecule has 0 fully saturated rings. The molecule has 1 aromatic heterocycles. The largest absolute Gasteiger partial charge is 0.463 e. The standard InChI is InChI=1S/C19H17F2NO2/c1-12(6-7-13-8-9-16(20)17(21)10-13)22-19(23)15-11-24-18-5-3-2-4-14(15)18/h2-5,8-12H,6-7H2,1H3,(H,22,23). The number of amides is 1. The minimum Gasteiger partial charge on any atom is -0.463 e. The highest BCUT2D eigenvalue weighted by Crippen LogP contribution is 2.20. The Morgan fingerprint density at radius 1 is 1.17 bits per heavy atom. The van der Waals surface area contributed by atoms with Crippen LogP contribution in [0.1, 0.15) is 29.3 Å². The van der Waals surface area contributed by atoms with Gasteiger partial charge in [0, 0.05) is 11.4 Å². The molecule has 3 aromatic rings. The van der Waals surface area contributed by atoms with Gasteiger partial charge in [-0.3, -0.25) is 4.79 Å². The number of furan rings is 1. The van der Waals surface area contributed by atoms with Crippen molar-refractivity contribution < 1.29 is 18.0 Å². The van der Waals surface area contributed by atoms with Gasteiger partial charge in [-0.1, -0.05) is 24.3 Å². The maximum atomic E-state index is 13.2. The molecule has 5 heteroatoms. The summed E-state index contributed by atoms with van der Waals surface area (Å²) in [6.07, 6.45) is 2.61. The first kappa shape index (κ1) is 16.2. The summed E-state index contributed by atoms with van der Waals surface area (Å²) in [4.78, 5) is 12.4. The zero-order valence-electron chi connectivity index (χ0n) is 13.2. The molecule has 1 atom stereocenters. The van der Waals surface area contributed by atoms with Gasteiger partial charge >= 0.3 is 0 Å². The summed E-state index contributed by atoms with van der Waals surface area (Å²) in [6.45, 7) is 1.88. The molecule has 1 unspecified atom stereocenters. The second-order valence-electron chi connectivity index (χ2n) is 5.81. The van der Waals surface area contributed by atoms with E-state index in [9.17, 15) is 13.6 Å². The fraction of sp³-hybridized carbons (Fsp3) is 0.211. The van der Waals surface area contributed by atoms with E-state index in [0.717, 1.165) is 11.5 Å². The van der Waals surface area contributed by atoms with Crippen LogP contribution < -0.4 is 5.32 Å². The third-order valence-corrected chi connectivity index (χ3v) is 3.95. The molecule has 3 nitrogen and oxygen atoms in total. The van der Waals surface area contributed by atoms with Crippen LogP contribution in [0.15, 0.2) is 53.1 Å². The first-order chi connectivity index (χ1) is 11.5. The number of hydrogen-bond donors (Lipinski definition) is 1. The zero-order chi connectivity index (χ0) is 17.1. The average molecular weight is 329 g/mol. The highest BCUT2D eigenvalue weighted by molar-refractivity contribution is 6.05. The number of rotatable bonds is 5. The number of hydrogen-bond acceptors (Lipinski definition) is 2. The van der Waals surface area contributed by atoms with E-state index in [2.05, 4.69) is 5.32 Å². The van der Waals surface area contributed by atoms with Crippen LogP contribution in [-0.4, -0.2) is 11.9 Å². The normalized spacial score (nSPS) is 12.3. The number of carbonyl (C=O) groups excluding carboxylic acids is 1. The van der Waals surface area contributed by atoms with Crippen molar-refractivity contribution in [3.05, 3.63) is 71.5 Å². The molecule has 3 rings (SSSR count). The maximum Gasteiger partial charge on any atom is 0.255 e. The molecular formula is C19H17F2NO2. The first-order valence-corrected chi connectivity index (χ1v) is 7.75. The third kappa shape index (κ3) is 3.45. The highest BCUT2D eigenvalue weighted by atomic mass is 19.2. The average Bonchev–Trinajstić information content (AvgIpc) is 3.00. The molecule has 0 saturated carbocycles. The van der Waals surface area contributed by atoms with Gasteiger partial charge in [0.15, 0.2) is 11.6 Å². The van der Waals surface area contributed by atoms with Crippen LogP contribution in [0.5, 0.6) is 0 Å². The second kappa shape index (κ2) is 6.83. The molecule has 124 valence electrons. The zero-order valence-corrected chi connectivity index (χ0v) is 13.2. The second-order valence-corrected chi connectivity index (χ2v) is 5.81. The van der Waals surface area contributed by atoms with Crippen molar-refractivity contribution in [2.24, 2.45) is 0 Å². The van der Waals surface area contributed by atoms with Gasteiger partial charge in [-0.15, -0.1) is 0 Å². The molecule has 0 radical (unpaired) electrons. The Morgan fingerprint density at radius 2 is 1.96 bits per heavy atom. The number of nitrogens with one attached hydrogen (secondary N) is 1. The van der Waals surface area contributed by atoms with Gasteiger partial charge in [0.1, 0.15) is 11.8 Å². The van der Waals surface area contributed by atoms with E-state index < -0.39 is 11.6 Å². The minimum absolute atomic E-state index is 0.112. The lowest BCUT2D eigenvalue weighted by Gasteiger charge is -2.13. The smallest absolute Gasteiger partial charge is 0.255 e. The Labute approximate surface area is 138 Å². The number of benzene rings is 2. The van der Waals surface area contributed by atoms with E-state index in [1.807, 2.05) is 25.1 Å². The van der Waals surface area contributed by atoms with Crippen LogP contribution in [0.3, 0.4) is 0 Å². The number of halogens is 2. The topological polar surface area (TPSA) is 42.2 Å². The molecule has 0 bridgehead atoms. The number of aryl methyl sites for hydroxylation is 1. The summed E-state index contributed by atoms with van der Waals surface area (Å²) in [5.41, 5.74) is 1.85. The Balaban J connectivity index is 1.61. The van der Waals surface area contributed by atoms with Crippen molar-refractivity contribution in [1.82, 2.24) is 5.32 Å². The van der Waals surface area contributed by atoms with E-state index in [0.29, 0.717) is 29.6 Å². The summed E-state index contributed by atoms with van der Waals surface area (Å²) < 4.78 is 31.5. The SMILES string of the molecule is CC(CCc1ccc(F)c(F)c1)NC(=O)c1coc2ccccc12. The predicted molar refractivity (Wildman–Crippen MR) is 87.8 cm³/mol. The molecule has 1 N–H and O–H groups in total. The Morgan fingerprint density at radius 3 is 2.75 bits per heavy atom. The van der Waals surface area contributed by atoms with Gasteiger partial charge in [-0.25, -0.2) is 8.78 Å². The van der Waals surface area contributed by atoms with E-state index >= 15 is 0 Å². The molecular weight excluding hydrogens is 312 g/mol. The highest BCUT2D eigenvalue weighted by Gasteiger charge is 2.15. The van der Waals surface area contributed by atoms with Crippen molar-refractivity contribution >= 4 is 16.9 Å². The van der Waals surface area contributed by atoms with Crippen molar-refractivity contribution in [3.63, 3.8) is 0 Å². The lowest BCUT2D eigenvalue weighted by molar-refractivity contribution is 0.0939. The minimum atomic E-state index is -0.855. The van der Waals surface area contributed by atoms with Gasteiger partial charge in [-0.05, 0) is 43.5 Å². The summed E-state index contributed by atoms with van der Waals surface area (Å²) in [6, 6.07) is 11.1. The lowest BCUT2D eigenvalue weighted by Crippen LogP contribution is -2.32. The van der Waals surface area contributed by atoms with Gasteiger partial charge in [0.2, 0.25) is 0 Å². The molecule has 0 aliphatic rings. The van der Waals surface area contributed by atoms with Gasteiger partial charge in [0.05, 0.1) is 5.56 Å². The fourth-order valence-corrected chi connectivity index (χ4v) is 2.61. The summed E-state index contributed by atoms with van der Waals surface area (Å²) in [5, 5.41) is 3.67. The Bertz CT molecular complexity index is 873. The first-order valence-electron chi connectivity index (χ1n) is 7.75. The van der Waals surface area contributed by atoms with Crippen LogP contribution >= 0.6 is 0 Å². The van der Waals surface area contributed by atoms with Crippen LogP contribution in [0.25, 0.3) is 11.0 Å². The van der Waals surface area contributed by atoms with Crippen molar-refractivity contribution in [2.75, 3.05) is 0 Å². The van der Waals surface area contributed by atoms with E-state index in [-0.39, 0.29) is 11.9 Å². The Hall–Kier alpha value is -2.69. The molecule has 1 amide bonds. The van der Waals surface area contributed by atoms with E-state index in [1.165, 1.54) is 12.3 Å². The van der Waals surface area contributed by atoms with Crippen molar-refractivity contribution in [2.45, 2.75) is 25.8 Å². The van der Waals surface area contributed by atoms with Crippen molar-refractivity contribution in [1.29, 1.82) is 0 Å².